The van der Waals surface area contributed by atoms with E-state index in [-0.39, 0.29) is 9.52 Å². The van der Waals surface area contributed by atoms with Crippen LogP contribution in [0.1, 0.15) is 97.9 Å². The predicted octanol–water partition coefficient (Wildman–Crippen LogP) is 10.8. The van der Waals surface area contributed by atoms with Gasteiger partial charge in [0.15, 0.2) is 0 Å². The standard InChI is InChI=1S/C38H36Cl2Si/c1-23(2)29-19-13-21-31-35(29)33(27-15-9-7-10-16-27)25(5)37(31,39)41-38(40)26(6)34(28-17-11-8-12-18-28)36-30(24(3)4)20-14-22-32(36)38/h7-24H,1-6H3. The van der Waals surface area contributed by atoms with Crippen LogP contribution in [0.2, 0.25) is 0 Å². The predicted molar refractivity (Wildman–Crippen MR) is 178 cm³/mol. The molecule has 0 heterocycles. The van der Waals surface area contributed by atoms with Crippen LogP contribution >= 0.6 is 23.2 Å². The topological polar surface area (TPSA) is 0 Å². The Bertz CT molecular complexity index is 1570. The molecule has 4 aromatic carbocycles. The summed E-state index contributed by atoms with van der Waals surface area (Å²) in [6.45, 7) is 13.5. The highest BCUT2D eigenvalue weighted by atomic mass is 35.5. The fourth-order valence-corrected chi connectivity index (χ4v) is 10.1. The Morgan fingerprint density at radius 1 is 0.512 bits per heavy atom. The summed E-state index contributed by atoms with van der Waals surface area (Å²) in [5, 5.41) is 0. The van der Waals surface area contributed by atoms with Gasteiger partial charge in [0.1, 0.15) is 9.52 Å². The van der Waals surface area contributed by atoms with E-state index in [0.717, 1.165) is 0 Å². The SMILES string of the molecule is CC1=C(c2ccccc2)c2c(C(C)C)cccc2C1(Cl)[Si]C1(Cl)C(C)=C(c2ccccc2)c2c(C(C)C)cccc21. The third kappa shape index (κ3) is 4.32. The van der Waals surface area contributed by atoms with Gasteiger partial charge >= 0.3 is 0 Å². The molecule has 6 rings (SSSR count). The van der Waals surface area contributed by atoms with E-state index in [1.807, 2.05) is 0 Å². The zero-order chi connectivity index (χ0) is 29.1. The van der Waals surface area contributed by atoms with Crippen molar-refractivity contribution in [3.8, 4) is 0 Å². The molecule has 0 fully saturated rings. The lowest BCUT2D eigenvalue weighted by molar-refractivity contribution is 0.853. The number of alkyl halides is 2. The zero-order valence-electron chi connectivity index (χ0n) is 24.6. The van der Waals surface area contributed by atoms with Crippen LogP contribution in [0.5, 0.6) is 0 Å². The van der Waals surface area contributed by atoms with E-state index >= 15 is 0 Å². The molecule has 0 aromatic heterocycles. The van der Waals surface area contributed by atoms with Gasteiger partial charge in [-0.05, 0) is 92.5 Å². The van der Waals surface area contributed by atoms with Crippen molar-refractivity contribution < 1.29 is 0 Å². The van der Waals surface area contributed by atoms with Crippen LogP contribution in [-0.2, 0) is 8.99 Å². The lowest BCUT2D eigenvalue weighted by atomic mass is 9.89. The summed E-state index contributed by atoms with van der Waals surface area (Å²) in [4.78, 5) is 0. The first-order valence-electron chi connectivity index (χ1n) is 14.6. The molecule has 41 heavy (non-hydrogen) atoms. The van der Waals surface area contributed by atoms with Crippen LogP contribution < -0.4 is 0 Å². The second-order valence-electron chi connectivity index (χ2n) is 12.0. The summed E-state index contributed by atoms with van der Waals surface area (Å²) in [6.07, 6.45) is 0. The summed E-state index contributed by atoms with van der Waals surface area (Å²) in [5.41, 5.74) is 14.9. The van der Waals surface area contributed by atoms with Gasteiger partial charge in [0.25, 0.3) is 0 Å². The summed E-state index contributed by atoms with van der Waals surface area (Å²) in [6, 6.07) is 34.8. The van der Waals surface area contributed by atoms with Gasteiger partial charge < -0.3 is 0 Å². The molecule has 0 bridgehead atoms. The fourth-order valence-electron chi connectivity index (χ4n) is 6.85. The van der Waals surface area contributed by atoms with Crippen molar-refractivity contribution in [3.63, 3.8) is 0 Å². The smallest absolute Gasteiger partial charge is 0.114 e. The van der Waals surface area contributed by atoms with E-state index in [4.69, 9.17) is 23.2 Å². The minimum atomic E-state index is -0.730. The number of hydrogen-bond acceptors (Lipinski definition) is 0. The molecular weight excluding hydrogens is 555 g/mol. The van der Waals surface area contributed by atoms with Gasteiger partial charge in [0, 0.05) is 0 Å². The summed E-state index contributed by atoms with van der Waals surface area (Å²) < 4.78 is -1.46. The Labute approximate surface area is 258 Å². The van der Waals surface area contributed by atoms with Gasteiger partial charge in [-0.1, -0.05) is 125 Å². The maximum absolute atomic E-state index is 8.02. The molecule has 2 radical (unpaired) electrons. The van der Waals surface area contributed by atoms with Gasteiger partial charge in [0.05, 0.1) is 8.99 Å². The van der Waals surface area contributed by atoms with E-state index < -0.39 is 8.99 Å². The van der Waals surface area contributed by atoms with Gasteiger partial charge in [-0.25, -0.2) is 0 Å². The quantitative estimate of drug-likeness (QED) is 0.155. The van der Waals surface area contributed by atoms with E-state index in [1.54, 1.807) is 0 Å². The van der Waals surface area contributed by atoms with Crippen LogP contribution in [-0.4, -0.2) is 9.52 Å². The molecule has 4 aromatic rings. The van der Waals surface area contributed by atoms with Crippen LogP contribution in [0.25, 0.3) is 11.1 Å². The highest BCUT2D eigenvalue weighted by molar-refractivity contribution is 6.70. The maximum Gasteiger partial charge on any atom is 0.118 e. The van der Waals surface area contributed by atoms with Crippen molar-refractivity contribution >= 4 is 43.9 Å². The van der Waals surface area contributed by atoms with Crippen LogP contribution in [0.4, 0.5) is 0 Å². The van der Waals surface area contributed by atoms with Crippen molar-refractivity contribution in [1.82, 2.24) is 0 Å². The summed E-state index contributed by atoms with van der Waals surface area (Å²) in [7, 11) is 0.197. The Morgan fingerprint density at radius 2 is 0.878 bits per heavy atom. The molecule has 2 aliphatic rings. The van der Waals surface area contributed by atoms with Crippen molar-refractivity contribution in [2.75, 3.05) is 0 Å². The van der Waals surface area contributed by atoms with Crippen LogP contribution in [0, 0.1) is 0 Å². The lowest BCUT2D eigenvalue weighted by Gasteiger charge is -2.35. The maximum atomic E-state index is 8.02. The third-order valence-corrected chi connectivity index (χ3v) is 12.5. The normalized spacial score (nSPS) is 21.7. The number of rotatable bonds is 6. The minimum absolute atomic E-state index is 0.197. The third-order valence-electron chi connectivity index (χ3n) is 8.93. The van der Waals surface area contributed by atoms with Crippen LogP contribution in [0.3, 0.4) is 0 Å². The molecular formula is C38H36Cl2Si. The lowest BCUT2D eigenvalue weighted by Crippen LogP contribution is -2.40. The fraction of sp³-hybridized carbons (Fsp3) is 0.263. The monoisotopic (exact) mass is 590 g/mol. The molecule has 2 aliphatic carbocycles. The molecule has 206 valence electrons. The molecule has 0 saturated heterocycles. The first-order chi connectivity index (χ1) is 19.6. The molecule has 0 nitrogen and oxygen atoms in total. The largest absolute Gasteiger partial charge is 0.118 e. The van der Waals surface area contributed by atoms with E-state index in [2.05, 4.69) is 139 Å². The van der Waals surface area contributed by atoms with E-state index in [1.165, 1.54) is 66.8 Å². The van der Waals surface area contributed by atoms with Crippen molar-refractivity contribution in [3.05, 3.63) is 153 Å². The number of allylic oxidation sites excluding steroid dienone is 2. The van der Waals surface area contributed by atoms with E-state index in [0.29, 0.717) is 11.8 Å². The van der Waals surface area contributed by atoms with Gasteiger partial charge in [-0.15, -0.1) is 23.2 Å². The Balaban J connectivity index is 1.62. The van der Waals surface area contributed by atoms with Crippen molar-refractivity contribution in [2.45, 2.75) is 62.4 Å². The Morgan fingerprint density at radius 3 is 1.22 bits per heavy atom. The average molecular weight is 592 g/mol. The first kappa shape index (κ1) is 28.3. The molecule has 0 spiro atoms. The summed E-state index contributed by atoms with van der Waals surface area (Å²) >= 11 is 16.0. The molecule has 0 N–H and O–H groups in total. The highest BCUT2D eigenvalue weighted by Crippen LogP contribution is 2.59. The second kappa shape index (κ2) is 10.5. The number of fused-ring (bicyclic) bond motifs is 2. The molecule has 2 unspecified atom stereocenters. The van der Waals surface area contributed by atoms with Crippen LogP contribution in [0.15, 0.2) is 108 Å². The molecule has 3 heteroatoms. The van der Waals surface area contributed by atoms with Gasteiger partial charge in [-0.2, -0.15) is 0 Å². The zero-order valence-corrected chi connectivity index (χ0v) is 27.2. The highest BCUT2D eigenvalue weighted by Gasteiger charge is 2.53. The molecule has 0 amide bonds. The van der Waals surface area contributed by atoms with Gasteiger partial charge in [-0.3, -0.25) is 0 Å². The van der Waals surface area contributed by atoms with E-state index in [9.17, 15) is 0 Å². The second-order valence-corrected chi connectivity index (χ2v) is 15.5. The summed E-state index contributed by atoms with van der Waals surface area (Å²) in [5.74, 6) is 0.742. The number of halogens is 2. The first-order valence-corrected chi connectivity index (χ1v) is 16.3. The van der Waals surface area contributed by atoms with Crippen molar-refractivity contribution in [2.24, 2.45) is 0 Å². The average Bonchev–Trinajstić information content (AvgIpc) is 3.33. The molecule has 0 aliphatic heterocycles. The minimum Gasteiger partial charge on any atom is -0.114 e. The Hall–Kier alpha value is -2.84. The number of hydrogen-bond donors (Lipinski definition) is 0. The molecule has 0 saturated carbocycles. The van der Waals surface area contributed by atoms with Crippen molar-refractivity contribution in [1.29, 1.82) is 0 Å². The molecule has 2 atom stereocenters. The Kier molecular flexibility index (Phi) is 7.21. The van der Waals surface area contributed by atoms with Gasteiger partial charge in [0.2, 0.25) is 0 Å². The number of benzene rings is 4.